The lowest BCUT2D eigenvalue weighted by atomic mass is 9.80. The molecule has 0 radical (unpaired) electrons. The van der Waals surface area contributed by atoms with Gasteiger partial charge in [0.1, 0.15) is 23.8 Å². The zero-order chi connectivity index (χ0) is 43.0. The number of halogens is 1. The van der Waals surface area contributed by atoms with Crippen LogP contribution in [0.25, 0.3) is 11.1 Å². The number of piperazine rings is 1. The topological polar surface area (TPSA) is 197 Å². The van der Waals surface area contributed by atoms with Crippen molar-refractivity contribution in [2.45, 2.75) is 109 Å². The molecule has 2 aliphatic carbocycles. The highest BCUT2D eigenvalue weighted by atomic mass is 35.5. The van der Waals surface area contributed by atoms with E-state index < -0.39 is 59.0 Å². The highest BCUT2D eigenvalue weighted by molar-refractivity contribution is 6.37. The minimum Gasteiger partial charge on any atom is -0.363 e. The van der Waals surface area contributed by atoms with Crippen LogP contribution >= 0.6 is 11.6 Å². The van der Waals surface area contributed by atoms with E-state index in [-0.39, 0.29) is 36.5 Å². The normalized spacial score (nSPS) is 19.3. The number of nitrogens with two attached hydrogens (primary N) is 1. The van der Waals surface area contributed by atoms with Crippen molar-refractivity contribution in [1.82, 2.24) is 35.7 Å². The Morgan fingerprint density at radius 2 is 1.50 bits per heavy atom. The molecule has 15 heteroatoms. The average Bonchev–Trinajstić information content (AvgIpc) is 3.22. The van der Waals surface area contributed by atoms with Crippen LogP contribution < -0.4 is 21.7 Å². The molecule has 2 heterocycles. The summed E-state index contributed by atoms with van der Waals surface area (Å²) in [5.74, 6) is -3.76. The van der Waals surface area contributed by atoms with Crippen LogP contribution in [0.5, 0.6) is 0 Å². The number of rotatable bonds is 15. The third-order valence-corrected chi connectivity index (χ3v) is 12.4. The highest BCUT2D eigenvalue weighted by Gasteiger charge is 2.43. The van der Waals surface area contributed by atoms with Crippen molar-refractivity contribution in [2.75, 3.05) is 19.6 Å². The average molecular weight is 841 g/mol. The van der Waals surface area contributed by atoms with Crippen LogP contribution in [0.2, 0.25) is 5.02 Å². The molecule has 6 rings (SSSR count). The monoisotopic (exact) mass is 840 g/mol. The Bertz CT molecular complexity index is 2000. The zero-order valence-electron chi connectivity index (χ0n) is 34.7. The van der Waals surface area contributed by atoms with Crippen LogP contribution in [0.15, 0.2) is 67.1 Å². The van der Waals surface area contributed by atoms with Gasteiger partial charge in [0.15, 0.2) is 0 Å². The van der Waals surface area contributed by atoms with Gasteiger partial charge in [-0.15, -0.1) is 0 Å². The first-order chi connectivity index (χ1) is 28.7. The summed E-state index contributed by atoms with van der Waals surface area (Å²) in [6.45, 7) is 6.48. The number of aromatic nitrogens is 2. The number of nitrogens with zero attached hydrogens (tertiary/aromatic N) is 4. The van der Waals surface area contributed by atoms with E-state index in [1.54, 1.807) is 4.90 Å². The first-order valence-corrected chi connectivity index (χ1v) is 21.4. The summed E-state index contributed by atoms with van der Waals surface area (Å²) in [5.41, 5.74) is 7.70. The van der Waals surface area contributed by atoms with Gasteiger partial charge in [0.25, 0.3) is 11.8 Å². The van der Waals surface area contributed by atoms with Gasteiger partial charge in [-0.2, -0.15) is 0 Å². The molecule has 0 spiro atoms. The van der Waals surface area contributed by atoms with Gasteiger partial charge in [-0.1, -0.05) is 107 Å². The molecule has 1 saturated heterocycles. The minimum atomic E-state index is -1.11. The van der Waals surface area contributed by atoms with Crippen molar-refractivity contribution >= 4 is 46.9 Å². The summed E-state index contributed by atoms with van der Waals surface area (Å²) in [6.07, 6.45) is 11.7. The van der Waals surface area contributed by atoms with Crippen LogP contribution in [0, 0.1) is 17.3 Å². The van der Waals surface area contributed by atoms with E-state index in [4.69, 9.17) is 17.3 Å². The summed E-state index contributed by atoms with van der Waals surface area (Å²) in [6, 6.07) is 11.6. The van der Waals surface area contributed by atoms with Crippen molar-refractivity contribution in [2.24, 2.45) is 23.0 Å². The Kier molecular flexibility index (Phi) is 14.7. The SMILES string of the molecule is CC(C)(C)[C@H](NC(=O)[C@@H](NC(=O)c1cnccn1)C1CCCCC1)C(=O)N1CCN(Cc2ccc(-c3ccc(Cl)cc3)cc2)[C@@H](C(=O)NC(CC2CCC2)C(=O)C(N)=O)C1. The molecule has 1 aromatic heterocycles. The van der Waals surface area contributed by atoms with Crippen molar-refractivity contribution in [3.63, 3.8) is 0 Å². The summed E-state index contributed by atoms with van der Waals surface area (Å²) in [4.78, 5) is 93.4. The molecule has 3 fully saturated rings. The molecule has 1 aliphatic heterocycles. The molecule has 320 valence electrons. The maximum absolute atomic E-state index is 14.7. The molecule has 3 aromatic rings. The molecule has 60 heavy (non-hydrogen) atoms. The highest BCUT2D eigenvalue weighted by Crippen LogP contribution is 2.32. The molecular weight excluding hydrogens is 784 g/mol. The largest absolute Gasteiger partial charge is 0.363 e. The second-order valence-electron chi connectivity index (χ2n) is 17.5. The fourth-order valence-corrected chi connectivity index (χ4v) is 8.56. The van der Waals surface area contributed by atoms with Gasteiger partial charge in [-0.05, 0) is 65.3 Å². The van der Waals surface area contributed by atoms with Gasteiger partial charge in [0, 0.05) is 43.6 Å². The Labute approximate surface area is 356 Å². The minimum absolute atomic E-state index is 0.0354. The van der Waals surface area contributed by atoms with Gasteiger partial charge in [0.05, 0.1) is 12.2 Å². The van der Waals surface area contributed by atoms with E-state index in [1.165, 1.54) is 18.6 Å². The van der Waals surface area contributed by atoms with E-state index in [9.17, 15) is 28.8 Å². The molecule has 2 aromatic carbocycles. The summed E-state index contributed by atoms with van der Waals surface area (Å²) >= 11 is 6.10. The lowest BCUT2D eigenvalue weighted by Crippen LogP contribution is -2.65. The van der Waals surface area contributed by atoms with Gasteiger partial charge in [-0.3, -0.25) is 38.7 Å². The molecule has 5 N–H and O–H groups in total. The number of nitrogens with one attached hydrogen (secondary N) is 3. The molecular formula is C45H57ClN8O6. The molecule has 14 nitrogen and oxygen atoms in total. The second kappa shape index (κ2) is 19.9. The van der Waals surface area contributed by atoms with E-state index in [0.29, 0.717) is 24.5 Å². The Morgan fingerprint density at radius 1 is 0.833 bits per heavy atom. The quantitative estimate of drug-likeness (QED) is 0.160. The third kappa shape index (κ3) is 11.3. The van der Waals surface area contributed by atoms with Crippen molar-refractivity contribution in [3.8, 4) is 11.1 Å². The number of hydrogen-bond acceptors (Lipinski definition) is 9. The molecule has 0 bridgehead atoms. The lowest BCUT2D eigenvalue weighted by Gasteiger charge is -2.44. The maximum Gasteiger partial charge on any atom is 0.287 e. The number of hydrogen-bond donors (Lipinski definition) is 4. The summed E-state index contributed by atoms with van der Waals surface area (Å²) < 4.78 is 0. The van der Waals surface area contributed by atoms with Crippen LogP contribution in [-0.2, 0) is 30.5 Å². The van der Waals surface area contributed by atoms with Crippen molar-refractivity contribution in [1.29, 1.82) is 0 Å². The molecule has 1 unspecified atom stereocenters. The summed E-state index contributed by atoms with van der Waals surface area (Å²) in [5, 5.41) is 9.42. The van der Waals surface area contributed by atoms with E-state index in [2.05, 4.69) is 25.9 Å². The molecule has 5 amide bonds. The van der Waals surface area contributed by atoms with Crippen LogP contribution in [0.3, 0.4) is 0 Å². The number of benzene rings is 2. The standard InChI is InChI=1S/C45H57ClN8O6/c1-45(2,3)39(52-43(59)37(32-10-5-4-6-11-32)51-41(57)35-25-48-20-21-49-35)44(60)54-23-22-53(26-29-12-14-30(15-13-29)31-16-18-33(46)19-17-31)36(27-54)42(58)50-34(38(55)40(47)56)24-28-8-7-9-28/h12-21,25,28,32,34,36-37,39H,4-11,22-24,26-27H2,1-3H3,(H2,47,56)(H,50,58)(H,51,57)(H,52,59)/t34?,36-,37+,39-/m1/s1. The molecule has 4 atom stereocenters. The fourth-order valence-electron chi connectivity index (χ4n) is 8.43. The van der Waals surface area contributed by atoms with Crippen LogP contribution in [0.4, 0.5) is 0 Å². The Hall–Kier alpha value is -5.21. The maximum atomic E-state index is 14.7. The predicted octanol–water partition coefficient (Wildman–Crippen LogP) is 4.45. The van der Waals surface area contributed by atoms with E-state index in [0.717, 1.165) is 68.1 Å². The second-order valence-corrected chi connectivity index (χ2v) is 18.0. The lowest BCUT2D eigenvalue weighted by molar-refractivity contribution is -0.145. The van der Waals surface area contributed by atoms with Gasteiger partial charge in [-0.25, -0.2) is 4.98 Å². The number of amides is 5. The van der Waals surface area contributed by atoms with Crippen LogP contribution in [-0.4, -0.2) is 98.9 Å². The number of Topliss-reactive ketones (excluding diaryl/α,β-unsaturated/α-hetero) is 1. The van der Waals surface area contributed by atoms with Gasteiger partial charge >= 0.3 is 0 Å². The van der Waals surface area contributed by atoms with Gasteiger partial charge in [0.2, 0.25) is 23.5 Å². The summed E-state index contributed by atoms with van der Waals surface area (Å²) in [7, 11) is 0. The molecule has 2 saturated carbocycles. The first-order valence-electron chi connectivity index (χ1n) is 21.1. The smallest absolute Gasteiger partial charge is 0.287 e. The Balaban J connectivity index is 1.23. The Morgan fingerprint density at radius 3 is 2.08 bits per heavy atom. The number of primary amides is 1. The van der Waals surface area contributed by atoms with Crippen molar-refractivity contribution in [3.05, 3.63) is 83.4 Å². The number of carbonyl (C=O) groups is 6. The number of carbonyl (C=O) groups excluding carboxylic acids is 6. The molecule has 3 aliphatic rings. The third-order valence-electron chi connectivity index (χ3n) is 12.2. The predicted molar refractivity (Wildman–Crippen MR) is 227 cm³/mol. The number of ketones is 1. The van der Waals surface area contributed by atoms with Crippen LogP contribution in [0.1, 0.15) is 94.6 Å². The van der Waals surface area contributed by atoms with Gasteiger partial charge < -0.3 is 26.6 Å². The van der Waals surface area contributed by atoms with Crippen molar-refractivity contribution < 1.29 is 28.8 Å². The fraction of sp³-hybridized carbons (Fsp3) is 0.511. The van der Waals surface area contributed by atoms with E-state index in [1.807, 2.05) is 74.2 Å². The zero-order valence-corrected chi connectivity index (χ0v) is 35.5. The first kappa shape index (κ1) is 44.3. The van der Waals surface area contributed by atoms with E-state index >= 15 is 0 Å².